The highest BCUT2D eigenvalue weighted by Gasteiger charge is 2.39. The fraction of sp³-hybridized carbons (Fsp3) is 0.375. The van der Waals surface area contributed by atoms with E-state index in [1.54, 1.807) is 35.7 Å². The molecule has 0 aliphatic carbocycles. The van der Waals surface area contributed by atoms with Gasteiger partial charge in [0.1, 0.15) is 5.69 Å². The topological polar surface area (TPSA) is 154 Å². The highest BCUT2D eigenvalue weighted by molar-refractivity contribution is 7.14. The van der Waals surface area contributed by atoms with E-state index in [-0.39, 0.29) is 47.9 Å². The second-order valence-electron chi connectivity index (χ2n) is 14.4. The molecule has 3 aromatic carbocycles. The first-order valence-corrected chi connectivity index (χ1v) is 18.9. The minimum absolute atomic E-state index is 0.0158. The Kier molecular flexibility index (Phi) is 11.8. The summed E-state index contributed by atoms with van der Waals surface area (Å²) in [6.45, 7) is 5.97. The summed E-state index contributed by atoms with van der Waals surface area (Å²) in [5, 5.41) is 13.5. The van der Waals surface area contributed by atoms with Gasteiger partial charge in [-0.3, -0.25) is 19.2 Å². The molecule has 2 aliphatic heterocycles. The van der Waals surface area contributed by atoms with E-state index in [1.165, 1.54) is 12.7 Å². The number of nitrogens with one attached hydrogen (secondary N) is 4. The maximum absolute atomic E-state index is 13.8. The Hall–Kier alpha value is -5.47. The second kappa shape index (κ2) is 16.7. The van der Waals surface area contributed by atoms with Crippen LogP contribution < -0.4 is 40.5 Å². The number of para-hydroxylation sites is 1. The summed E-state index contributed by atoms with van der Waals surface area (Å²) in [6.07, 6.45) is 2.54. The first-order chi connectivity index (χ1) is 25.9. The van der Waals surface area contributed by atoms with Gasteiger partial charge >= 0.3 is 0 Å². The van der Waals surface area contributed by atoms with E-state index >= 15 is 0 Å². The maximum atomic E-state index is 13.8. The molecule has 3 heterocycles. The van der Waals surface area contributed by atoms with E-state index in [1.807, 2.05) is 43.3 Å². The van der Waals surface area contributed by atoms with Gasteiger partial charge in [-0.2, -0.15) is 0 Å². The molecule has 13 nitrogen and oxygen atoms in total. The van der Waals surface area contributed by atoms with Crippen LogP contribution in [0.5, 0.6) is 11.5 Å². The number of amides is 4. The number of carbonyl (C=O) groups is 4. The summed E-state index contributed by atoms with van der Waals surface area (Å²) in [5.41, 5.74) is 4.80. The Morgan fingerprint density at radius 2 is 1.67 bits per heavy atom. The predicted octanol–water partition coefficient (Wildman–Crippen LogP) is 6.19. The maximum Gasteiger partial charge on any atom is 0.275 e. The van der Waals surface area contributed by atoms with Gasteiger partial charge in [0.25, 0.3) is 11.8 Å². The normalized spacial score (nSPS) is 14.8. The number of thiazole rings is 1. The van der Waals surface area contributed by atoms with Crippen molar-refractivity contribution in [1.29, 1.82) is 0 Å². The lowest BCUT2D eigenvalue weighted by molar-refractivity contribution is -0.117. The molecule has 0 radical (unpaired) electrons. The van der Waals surface area contributed by atoms with Gasteiger partial charge in [0.15, 0.2) is 16.6 Å². The van der Waals surface area contributed by atoms with Crippen molar-refractivity contribution >= 4 is 62.8 Å². The van der Waals surface area contributed by atoms with Crippen LogP contribution in [0.2, 0.25) is 0 Å². The van der Waals surface area contributed by atoms with Gasteiger partial charge in [-0.05, 0) is 80.2 Å². The van der Waals surface area contributed by atoms with Crippen molar-refractivity contribution < 1.29 is 28.7 Å². The van der Waals surface area contributed by atoms with Crippen molar-refractivity contribution in [2.24, 2.45) is 5.41 Å². The summed E-state index contributed by atoms with van der Waals surface area (Å²) < 4.78 is 11.7. The lowest BCUT2D eigenvalue weighted by Gasteiger charge is -2.25. The molecule has 4 N–H and O–H groups in total. The van der Waals surface area contributed by atoms with Gasteiger partial charge in [-0.25, -0.2) is 4.98 Å². The van der Waals surface area contributed by atoms with Gasteiger partial charge in [-0.1, -0.05) is 32.0 Å². The largest absolute Gasteiger partial charge is 0.493 e. The molecular weight excluding hydrogens is 707 g/mol. The van der Waals surface area contributed by atoms with Crippen molar-refractivity contribution in [3.63, 3.8) is 0 Å². The number of methoxy groups -OCH3 is 1. The Morgan fingerprint density at radius 1 is 0.944 bits per heavy atom. The zero-order valence-corrected chi connectivity index (χ0v) is 32.1. The average Bonchev–Trinajstić information content (AvgIpc) is 3.75. The number of aromatic nitrogens is 1. The van der Waals surface area contributed by atoms with Crippen LogP contribution in [0, 0.1) is 5.41 Å². The number of hydrogen-bond acceptors (Lipinski definition) is 10. The van der Waals surface area contributed by atoms with E-state index < -0.39 is 5.91 Å². The molecule has 1 aromatic heterocycles. The third-order valence-corrected chi connectivity index (χ3v) is 10.4. The van der Waals surface area contributed by atoms with E-state index in [2.05, 4.69) is 51.1 Å². The van der Waals surface area contributed by atoms with E-state index in [9.17, 15) is 19.2 Å². The quantitative estimate of drug-likeness (QED) is 0.104. The lowest BCUT2D eigenvalue weighted by Crippen LogP contribution is -2.41. The molecule has 1 atom stereocenters. The van der Waals surface area contributed by atoms with Crippen molar-refractivity contribution in [3.05, 3.63) is 82.9 Å². The Balaban J connectivity index is 0.963. The number of ether oxygens (including phenoxy) is 2. The van der Waals surface area contributed by atoms with E-state index in [0.717, 1.165) is 42.1 Å². The molecule has 4 aromatic rings. The number of fused-ring (bicyclic) bond motifs is 4. The van der Waals surface area contributed by atoms with Gasteiger partial charge in [0.2, 0.25) is 11.8 Å². The van der Waals surface area contributed by atoms with Crippen LogP contribution in [0.25, 0.3) is 0 Å². The molecule has 4 amide bonds. The van der Waals surface area contributed by atoms with E-state index in [0.29, 0.717) is 53.0 Å². The SMILES string of the molecule is CNCC(C)(C)CCC(=O)Nc1ccc(NC(=O)c2csc(NC(=O)CCCOc3cc4c(cc3OC)C(=O)N3c5ccccc5C[C@H]3CN4C)n2)cc1. The molecule has 14 heteroatoms. The van der Waals surface area contributed by atoms with Crippen LogP contribution in [0.15, 0.2) is 66.0 Å². The summed E-state index contributed by atoms with van der Waals surface area (Å²) >= 11 is 1.15. The standard InChI is InChI=1S/C40H47N7O6S/c1-40(2,24-41-3)17-16-36(49)42-26-12-14-27(15-13-26)43-37(50)30-23-54-39(44-30)45-35(48)11-8-18-53-34-21-32-29(20-33(34)52-5)38(51)47-28(22-46(32)4)19-25-9-6-7-10-31(25)47/h6-7,9-10,12-15,20-21,23,28,41H,8,11,16-19,22,24H2,1-5H3,(H,42,49)(H,43,50)(H,44,45,48)/t28-/m0/s1. The zero-order chi connectivity index (χ0) is 38.4. The monoisotopic (exact) mass is 753 g/mol. The summed E-state index contributed by atoms with van der Waals surface area (Å²) in [7, 11) is 5.41. The van der Waals surface area contributed by atoms with Crippen molar-refractivity contribution in [1.82, 2.24) is 10.3 Å². The van der Waals surface area contributed by atoms with Crippen LogP contribution in [-0.4, -0.2) is 75.6 Å². The minimum atomic E-state index is -0.420. The van der Waals surface area contributed by atoms with Crippen LogP contribution in [-0.2, 0) is 16.0 Å². The van der Waals surface area contributed by atoms with Crippen LogP contribution >= 0.6 is 11.3 Å². The highest BCUT2D eigenvalue weighted by atomic mass is 32.1. The fourth-order valence-electron chi connectivity index (χ4n) is 6.84. The zero-order valence-electron chi connectivity index (χ0n) is 31.3. The summed E-state index contributed by atoms with van der Waals surface area (Å²) in [6, 6.07) is 18.5. The first-order valence-electron chi connectivity index (χ1n) is 18.0. The second-order valence-corrected chi connectivity index (χ2v) is 15.2. The van der Waals surface area contributed by atoms with Gasteiger partial charge in [-0.15, -0.1) is 11.3 Å². The Morgan fingerprint density at radius 3 is 2.41 bits per heavy atom. The number of benzene rings is 3. The van der Waals surface area contributed by atoms with Crippen molar-refractivity contribution in [2.45, 2.75) is 52.0 Å². The molecule has 284 valence electrons. The van der Waals surface area contributed by atoms with Crippen LogP contribution in [0.4, 0.5) is 27.9 Å². The molecule has 0 saturated carbocycles. The van der Waals surface area contributed by atoms with Crippen LogP contribution in [0.3, 0.4) is 0 Å². The highest BCUT2D eigenvalue weighted by Crippen LogP contribution is 2.42. The van der Waals surface area contributed by atoms with E-state index in [4.69, 9.17) is 9.47 Å². The van der Waals surface area contributed by atoms with Crippen molar-refractivity contribution in [3.8, 4) is 11.5 Å². The Labute approximate surface area is 319 Å². The number of hydrogen-bond donors (Lipinski definition) is 4. The number of nitrogens with zero attached hydrogens (tertiary/aromatic N) is 3. The number of rotatable bonds is 15. The summed E-state index contributed by atoms with van der Waals surface area (Å²) in [5.74, 6) is 0.121. The Bertz CT molecular complexity index is 2010. The molecule has 54 heavy (non-hydrogen) atoms. The first kappa shape index (κ1) is 38.3. The lowest BCUT2D eigenvalue weighted by atomic mass is 9.87. The molecule has 0 bridgehead atoms. The van der Waals surface area contributed by atoms with Gasteiger partial charge < -0.3 is 40.5 Å². The molecule has 0 fully saturated rings. The smallest absolute Gasteiger partial charge is 0.275 e. The van der Waals surface area contributed by atoms with Crippen molar-refractivity contribution in [2.75, 3.05) is 66.7 Å². The number of anilines is 5. The third kappa shape index (κ3) is 9.00. The molecule has 0 saturated heterocycles. The predicted molar refractivity (Wildman–Crippen MR) is 212 cm³/mol. The molecule has 2 aliphatic rings. The third-order valence-electron chi connectivity index (χ3n) is 9.60. The minimum Gasteiger partial charge on any atom is -0.493 e. The summed E-state index contributed by atoms with van der Waals surface area (Å²) in [4.78, 5) is 60.1. The van der Waals surface area contributed by atoms with Crippen LogP contribution in [0.1, 0.15) is 65.9 Å². The van der Waals surface area contributed by atoms with Gasteiger partial charge in [0, 0.05) is 54.9 Å². The fourth-order valence-corrected chi connectivity index (χ4v) is 7.55. The number of likely N-dealkylation sites (N-methyl/N-ethyl adjacent to an activating group) is 1. The average molecular weight is 754 g/mol. The number of carbonyl (C=O) groups excluding carboxylic acids is 4. The molecule has 0 unspecified atom stereocenters. The molecule has 6 rings (SSSR count). The molecule has 0 spiro atoms. The van der Waals surface area contributed by atoms with Gasteiger partial charge in [0.05, 0.1) is 31.0 Å². The molecular formula is C40H47N7O6S.